The van der Waals surface area contributed by atoms with Gasteiger partial charge in [-0.2, -0.15) is 5.06 Å². The van der Waals surface area contributed by atoms with Gasteiger partial charge in [0, 0.05) is 22.7 Å². The van der Waals surface area contributed by atoms with Gasteiger partial charge in [-0.3, -0.25) is 9.05 Å². The second-order valence-corrected chi connectivity index (χ2v) is 6.44. The summed E-state index contributed by atoms with van der Waals surface area (Å²) in [5.41, 5.74) is 2.44. The van der Waals surface area contributed by atoms with Gasteiger partial charge in [-0.1, -0.05) is 48.5 Å². The van der Waals surface area contributed by atoms with Crippen LogP contribution in [-0.4, -0.2) is 28.7 Å². The third kappa shape index (κ3) is 5.19. The van der Waals surface area contributed by atoms with Crippen molar-refractivity contribution in [2.75, 3.05) is 18.7 Å². The third-order valence-corrected chi connectivity index (χ3v) is 3.95. The number of para-hydroxylation sites is 1. The van der Waals surface area contributed by atoms with Crippen molar-refractivity contribution in [1.29, 1.82) is 0 Å². The summed E-state index contributed by atoms with van der Waals surface area (Å²) < 4.78 is 11.4. The van der Waals surface area contributed by atoms with Crippen molar-refractivity contribution >= 4 is 22.5 Å². The van der Waals surface area contributed by atoms with E-state index in [9.17, 15) is 9.00 Å². The Kier molecular flexibility index (Phi) is 6.31. The molecule has 1 atom stereocenters. The SMILES string of the molecule is CON(Cc1ccccc1)C(=O)Nc1ccccc1CS(C)=O. The van der Waals surface area contributed by atoms with Crippen LogP contribution in [-0.2, 0) is 27.9 Å². The fraction of sp³-hybridized carbons (Fsp3) is 0.235. The van der Waals surface area contributed by atoms with E-state index >= 15 is 0 Å². The molecule has 2 rings (SSSR count). The Morgan fingerprint density at radius 3 is 2.43 bits per heavy atom. The topological polar surface area (TPSA) is 58.6 Å². The predicted molar refractivity (Wildman–Crippen MR) is 92.2 cm³/mol. The van der Waals surface area contributed by atoms with Gasteiger partial charge in [0.25, 0.3) is 0 Å². The Morgan fingerprint density at radius 1 is 1.13 bits per heavy atom. The normalized spacial score (nSPS) is 11.7. The molecule has 0 fully saturated rings. The molecule has 0 saturated carbocycles. The van der Waals surface area contributed by atoms with Crippen molar-refractivity contribution in [3.05, 3.63) is 65.7 Å². The fourth-order valence-corrected chi connectivity index (χ4v) is 2.82. The third-order valence-electron chi connectivity index (χ3n) is 3.23. The van der Waals surface area contributed by atoms with Gasteiger partial charge >= 0.3 is 6.03 Å². The molecular formula is C17H20N2O3S. The summed E-state index contributed by atoms with van der Waals surface area (Å²) in [6.45, 7) is 0.338. The minimum atomic E-state index is -0.982. The van der Waals surface area contributed by atoms with E-state index in [1.165, 1.54) is 12.2 Å². The zero-order valence-electron chi connectivity index (χ0n) is 13.2. The number of nitrogens with zero attached hydrogens (tertiary/aromatic N) is 1. The zero-order chi connectivity index (χ0) is 16.7. The van der Waals surface area contributed by atoms with Crippen LogP contribution in [0.15, 0.2) is 54.6 Å². The number of hydrogen-bond acceptors (Lipinski definition) is 3. The van der Waals surface area contributed by atoms with Gasteiger partial charge in [-0.25, -0.2) is 4.79 Å². The number of carbonyl (C=O) groups is 1. The molecule has 2 aromatic rings. The Hall–Kier alpha value is -2.18. The van der Waals surface area contributed by atoms with Gasteiger partial charge in [-0.05, 0) is 17.2 Å². The average Bonchev–Trinajstić information content (AvgIpc) is 2.55. The van der Waals surface area contributed by atoms with Crippen LogP contribution >= 0.6 is 0 Å². The maximum Gasteiger partial charge on any atom is 0.346 e. The van der Waals surface area contributed by atoms with Crippen molar-refractivity contribution in [3.63, 3.8) is 0 Å². The molecule has 0 aliphatic rings. The van der Waals surface area contributed by atoms with Crippen LogP contribution in [0.2, 0.25) is 0 Å². The van der Waals surface area contributed by atoms with Crippen LogP contribution in [0.4, 0.5) is 10.5 Å². The maximum atomic E-state index is 12.4. The summed E-state index contributed by atoms with van der Waals surface area (Å²) in [6.07, 6.45) is 1.63. The van der Waals surface area contributed by atoms with E-state index in [2.05, 4.69) is 5.32 Å². The molecular weight excluding hydrogens is 312 g/mol. The second-order valence-electron chi connectivity index (χ2n) is 5.01. The molecule has 0 saturated heterocycles. The number of hydroxylamine groups is 2. The van der Waals surface area contributed by atoms with E-state index in [1.54, 1.807) is 12.3 Å². The summed E-state index contributed by atoms with van der Waals surface area (Å²) in [5, 5.41) is 4.06. The number of amides is 2. The van der Waals surface area contributed by atoms with Crippen LogP contribution in [0.5, 0.6) is 0 Å². The van der Waals surface area contributed by atoms with E-state index in [-0.39, 0.29) is 6.03 Å². The van der Waals surface area contributed by atoms with Gasteiger partial charge in [0.1, 0.15) is 0 Å². The second kappa shape index (κ2) is 8.45. The van der Waals surface area contributed by atoms with E-state index in [0.717, 1.165) is 11.1 Å². The molecule has 0 heterocycles. The Bertz CT molecular complexity index is 677. The van der Waals surface area contributed by atoms with Gasteiger partial charge in [0.05, 0.1) is 19.4 Å². The van der Waals surface area contributed by atoms with Crippen LogP contribution in [0.25, 0.3) is 0 Å². The number of urea groups is 1. The first-order valence-corrected chi connectivity index (χ1v) is 8.87. The van der Waals surface area contributed by atoms with Crippen molar-refractivity contribution < 1.29 is 13.8 Å². The molecule has 1 unspecified atom stereocenters. The molecule has 122 valence electrons. The van der Waals surface area contributed by atoms with Gasteiger partial charge in [0.2, 0.25) is 0 Å². The summed E-state index contributed by atoms with van der Waals surface area (Å²) in [7, 11) is 0.472. The Balaban J connectivity index is 2.09. The summed E-state index contributed by atoms with van der Waals surface area (Å²) >= 11 is 0. The maximum absolute atomic E-state index is 12.4. The summed E-state index contributed by atoms with van der Waals surface area (Å²) in [4.78, 5) is 17.6. The first-order valence-electron chi connectivity index (χ1n) is 7.14. The molecule has 0 aliphatic carbocycles. The molecule has 2 aromatic carbocycles. The van der Waals surface area contributed by atoms with Crippen LogP contribution in [0.1, 0.15) is 11.1 Å². The van der Waals surface area contributed by atoms with E-state index in [0.29, 0.717) is 18.0 Å². The standard InChI is InChI=1S/C17H20N2O3S/c1-22-19(12-14-8-4-3-5-9-14)17(20)18-16-11-7-6-10-15(16)13-23(2)21/h3-11H,12-13H2,1-2H3,(H,18,20). The monoisotopic (exact) mass is 332 g/mol. The number of anilines is 1. The summed E-state index contributed by atoms with van der Waals surface area (Å²) in [5.74, 6) is 0.391. The summed E-state index contributed by atoms with van der Waals surface area (Å²) in [6, 6.07) is 16.5. The van der Waals surface area contributed by atoms with E-state index in [4.69, 9.17) is 4.84 Å². The Morgan fingerprint density at radius 2 is 1.78 bits per heavy atom. The lowest BCUT2D eigenvalue weighted by Crippen LogP contribution is -2.33. The predicted octanol–water partition coefficient (Wildman–Crippen LogP) is 3.16. The molecule has 6 heteroatoms. The van der Waals surface area contributed by atoms with Gasteiger partial charge in [0.15, 0.2) is 0 Å². The lowest BCUT2D eigenvalue weighted by Gasteiger charge is -2.21. The number of carbonyl (C=O) groups excluding carboxylic acids is 1. The van der Waals surface area contributed by atoms with Crippen molar-refractivity contribution in [1.82, 2.24) is 5.06 Å². The molecule has 0 spiro atoms. The zero-order valence-corrected chi connectivity index (χ0v) is 14.0. The molecule has 2 amide bonds. The average molecular weight is 332 g/mol. The van der Waals surface area contributed by atoms with Gasteiger partial charge < -0.3 is 5.32 Å². The van der Waals surface area contributed by atoms with Crippen LogP contribution in [0.3, 0.4) is 0 Å². The Labute approximate surface area is 138 Å². The van der Waals surface area contributed by atoms with E-state index in [1.807, 2.05) is 48.5 Å². The lowest BCUT2D eigenvalue weighted by molar-refractivity contribution is -0.0886. The number of benzene rings is 2. The quantitative estimate of drug-likeness (QED) is 0.827. The highest BCUT2D eigenvalue weighted by atomic mass is 32.2. The number of rotatable bonds is 6. The molecule has 0 bridgehead atoms. The molecule has 1 N–H and O–H groups in total. The van der Waals surface area contributed by atoms with Crippen LogP contribution < -0.4 is 5.32 Å². The number of hydrogen-bond donors (Lipinski definition) is 1. The largest absolute Gasteiger partial charge is 0.346 e. The van der Waals surface area contributed by atoms with Crippen molar-refractivity contribution in [2.24, 2.45) is 0 Å². The highest BCUT2D eigenvalue weighted by Gasteiger charge is 2.15. The molecule has 0 aliphatic heterocycles. The van der Waals surface area contributed by atoms with E-state index < -0.39 is 10.8 Å². The lowest BCUT2D eigenvalue weighted by atomic mass is 10.2. The highest BCUT2D eigenvalue weighted by molar-refractivity contribution is 7.83. The minimum absolute atomic E-state index is 0.338. The molecule has 5 nitrogen and oxygen atoms in total. The van der Waals surface area contributed by atoms with Crippen LogP contribution in [0, 0.1) is 0 Å². The van der Waals surface area contributed by atoms with Crippen molar-refractivity contribution in [3.8, 4) is 0 Å². The molecule has 0 aromatic heterocycles. The van der Waals surface area contributed by atoms with Crippen molar-refractivity contribution in [2.45, 2.75) is 12.3 Å². The smallest absolute Gasteiger partial charge is 0.306 e. The fourth-order valence-electron chi connectivity index (χ4n) is 2.13. The first-order chi connectivity index (χ1) is 11.1. The number of nitrogens with one attached hydrogen (secondary N) is 1. The first kappa shape index (κ1) is 17.2. The highest BCUT2D eigenvalue weighted by Crippen LogP contribution is 2.18. The minimum Gasteiger partial charge on any atom is -0.306 e. The van der Waals surface area contributed by atoms with Gasteiger partial charge in [-0.15, -0.1) is 0 Å². The molecule has 0 radical (unpaired) electrons. The molecule has 23 heavy (non-hydrogen) atoms.